The summed E-state index contributed by atoms with van der Waals surface area (Å²) < 4.78 is 0. The Morgan fingerprint density at radius 2 is 1.78 bits per heavy atom. The molecule has 1 aromatic carbocycles. The minimum absolute atomic E-state index is 0.492. The van der Waals surface area contributed by atoms with E-state index in [-0.39, 0.29) is 0 Å². The topological polar surface area (TPSA) is 32.5 Å². The summed E-state index contributed by atoms with van der Waals surface area (Å²) in [4.78, 5) is 5.06. The second-order valence-electron chi connectivity index (χ2n) is 5.05. The van der Waals surface area contributed by atoms with Crippen LogP contribution in [0, 0.1) is 0 Å². The van der Waals surface area contributed by atoms with E-state index in [0.29, 0.717) is 6.04 Å². The van der Waals surface area contributed by atoms with Crippen molar-refractivity contribution in [1.82, 2.24) is 9.80 Å². The summed E-state index contributed by atoms with van der Waals surface area (Å²) in [6.45, 7) is 8.83. The first-order valence-corrected chi connectivity index (χ1v) is 7.04. The molecule has 1 aromatic rings. The normalized spacial score (nSPS) is 19.9. The molecule has 2 rings (SSSR count). The van der Waals surface area contributed by atoms with Crippen molar-refractivity contribution in [2.24, 2.45) is 5.73 Å². The smallest absolute Gasteiger partial charge is 0.0259 e. The van der Waals surface area contributed by atoms with Crippen molar-refractivity contribution in [3.63, 3.8) is 0 Å². The van der Waals surface area contributed by atoms with E-state index >= 15 is 0 Å². The monoisotopic (exact) mass is 247 g/mol. The van der Waals surface area contributed by atoms with Gasteiger partial charge in [-0.05, 0) is 18.5 Å². The van der Waals surface area contributed by atoms with Gasteiger partial charge in [0.15, 0.2) is 0 Å². The number of hydrogen-bond acceptors (Lipinski definition) is 3. The molecule has 3 heteroatoms. The van der Waals surface area contributed by atoms with Gasteiger partial charge in [-0.25, -0.2) is 0 Å². The van der Waals surface area contributed by atoms with Crippen molar-refractivity contribution in [2.45, 2.75) is 19.4 Å². The molecule has 100 valence electrons. The van der Waals surface area contributed by atoms with Gasteiger partial charge in [0.25, 0.3) is 0 Å². The fourth-order valence-electron chi connectivity index (χ4n) is 2.69. The Morgan fingerprint density at radius 1 is 1.11 bits per heavy atom. The number of nitrogens with zero attached hydrogens (tertiary/aromatic N) is 2. The highest BCUT2D eigenvalue weighted by Crippen LogP contribution is 2.11. The van der Waals surface area contributed by atoms with Crippen molar-refractivity contribution in [3.05, 3.63) is 35.9 Å². The van der Waals surface area contributed by atoms with Gasteiger partial charge in [0.05, 0.1) is 0 Å². The summed E-state index contributed by atoms with van der Waals surface area (Å²) in [5.41, 5.74) is 7.36. The van der Waals surface area contributed by atoms with Crippen LogP contribution < -0.4 is 5.73 Å². The van der Waals surface area contributed by atoms with Crippen LogP contribution in [0.3, 0.4) is 0 Å². The molecule has 1 saturated heterocycles. The van der Waals surface area contributed by atoms with Crippen molar-refractivity contribution in [2.75, 3.05) is 39.3 Å². The van der Waals surface area contributed by atoms with Gasteiger partial charge in [-0.1, -0.05) is 37.3 Å². The van der Waals surface area contributed by atoms with Crippen LogP contribution in [0.2, 0.25) is 0 Å². The molecule has 2 N–H and O–H groups in total. The lowest BCUT2D eigenvalue weighted by molar-refractivity contribution is 0.102. The number of benzene rings is 1. The first-order chi connectivity index (χ1) is 8.83. The maximum absolute atomic E-state index is 5.96. The first-order valence-electron chi connectivity index (χ1n) is 7.04. The highest BCUT2D eigenvalue weighted by Gasteiger charge is 2.22. The molecule has 18 heavy (non-hydrogen) atoms. The van der Waals surface area contributed by atoms with Crippen LogP contribution in [0.25, 0.3) is 0 Å². The Labute approximate surface area is 111 Å². The third-order valence-electron chi connectivity index (χ3n) is 3.96. The zero-order chi connectivity index (χ0) is 12.8. The Morgan fingerprint density at radius 3 is 2.33 bits per heavy atom. The SMILES string of the molecule is CCN1CCN(C(CN)Cc2ccccc2)CC1. The Balaban J connectivity index is 1.89. The summed E-state index contributed by atoms with van der Waals surface area (Å²) in [6.07, 6.45) is 1.07. The molecule has 0 bridgehead atoms. The van der Waals surface area contributed by atoms with E-state index in [0.717, 1.165) is 26.1 Å². The lowest BCUT2D eigenvalue weighted by Gasteiger charge is -2.38. The van der Waals surface area contributed by atoms with Crippen LogP contribution in [0.4, 0.5) is 0 Å². The second kappa shape index (κ2) is 6.88. The van der Waals surface area contributed by atoms with E-state index in [1.54, 1.807) is 0 Å². The van der Waals surface area contributed by atoms with Crippen LogP contribution in [-0.4, -0.2) is 55.1 Å². The molecule has 0 saturated carbocycles. The van der Waals surface area contributed by atoms with Gasteiger partial charge in [-0.15, -0.1) is 0 Å². The van der Waals surface area contributed by atoms with Crippen LogP contribution in [0.5, 0.6) is 0 Å². The third-order valence-corrected chi connectivity index (χ3v) is 3.96. The van der Waals surface area contributed by atoms with Crippen LogP contribution in [-0.2, 0) is 6.42 Å². The Hall–Kier alpha value is -0.900. The first kappa shape index (κ1) is 13.5. The van der Waals surface area contributed by atoms with E-state index < -0.39 is 0 Å². The zero-order valence-corrected chi connectivity index (χ0v) is 11.4. The third kappa shape index (κ3) is 3.55. The van der Waals surface area contributed by atoms with E-state index in [1.807, 2.05) is 0 Å². The summed E-state index contributed by atoms with van der Waals surface area (Å²) >= 11 is 0. The molecule has 1 unspecified atom stereocenters. The average Bonchev–Trinajstić information content (AvgIpc) is 2.46. The highest BCUT2D eigenvalue weighted by atomic mass is 15.3. The van der Waals surface area contributed by atoms with Gasteiger partial charge < -0.3 is 10.6 Å². The summed E-state index contributed by atoms with van der Waals surface area (Å²) in [6, 6.07) is 11.2. The highest BCUT2D eigenvalue weighted by molar-refractivity contribution is 5.16. The van der Waals surface area contributed by atoms with Gasteiger partial charge in [-0.2, -0.15) is 0 Å². The molecule has 1 atom stereocenters. The molecule has 1 heterocycles. The maximum atomic E-state index is 5.96. The van der Waals surface area contributed by atoms with Crippen molar-refractivity contribution in [1.29, 1.82) is 0 Å². The second-order valence-corrected chi connectivity index (χ2v) is 5.05. The molecule has 1 aliphatic heterocycles. The van der Waals surface area contributed by atoms with Gasteiger partial charge in [0, 0.05) is 38.8 Å². The fourth-order valence-corrected chi connectivity index (χ4v) is 2.69. The van der Waals surface area contributed by atoms with E-state index in [9.17, 15) is 0 Å². The standard InChI is InChI=1S/C15H25N3/c1-2-17-8-10-18(11-9-17)15(13-16)12-14-6-4-3-5-7-14/h3-7,15H,2,8-13,16H2,1H3. The summed E-state index contributed by atoms with van der Waals surface area (Å²) in [5.74, 6) is 0. The number of likely N-dealkylation sites (N-methyl/N-ethyl adjacent to an activating group) is 1. The van der Waals surface area contributed by atoms with E-state index in [1.165, 1.54) is 25.2 Å². The van der Waals surface area contributed by atoms with Crippen LogP contribution in [0.1, 0.15) is 12.5 Å². The number of piperazine rings is 1. The van der Waals surface area contributed by atoms with Crippen LogP contribution in [0.15, 0.2) is 30.3 Å². The lowest BCUT2D eigenvalue weighted by Crippen LogP contribution is -2.52. The number of hydrogen-bond donors (Lipinski definition) is 1. The molecule has 3 nitrogen and oxygen atoms in total. The summed E-state index contributed by atoms with van der Waals surface area (Å²) in [7, 11) is 0. The lowest BCUT2D eigenvalue weighted by atomic mass is 10.0. The molecule has 0 spiro atoms. The van der Waals surface area contributed by atoms with Crippen LogP contribution >= 0.6 is 0 Å². The summed E-state index contributed by atoms with van der Waals surface area (Å²) in [5, 5.41) is 0. The predicted molar refractivity (Wildman–Crippen MR) is 76.7 cm³/mol. The molecule has 1 aliphatic rings. The van der Waals surface area contributed by atoms with Gasteiger partial charge in [-0.3, -0.25) is 4.90 Å². The molecular weight excluding hydrogens is 222 g/mol. The fraction of sp³-hybridized carbons (Fsp3) is 0.600. The minimum Gasteiger partial charge on any atom is -0.329 e. The Bertz CT molecular complexity index is 331. The largest absolute Gasteiger partial charge is 0.329 e. The molecule has 0 radical (unpaired) electrons. The predicted octanol–water partition coefficient (Wildman–Crippen LogP) is 1.19. The quantitative estimate of drug-likeness (QED) is 0.848. The number of nitrogens with two attached hydrogens (primary N) is 1. The molecule has 1 fully saturated rings. The zero-order valence-electron chi connectivity index (χ0n) is 11.4. The average molecular weight is 247 g/mol. The Kier molecular flexibility index (Phi) is 5.17. The van der Waals surface area contributed by atoms with E-state index in [4.69, 9.17) is 5.73 Å². The maximum Gasteiger partial charge on any atom is 0.0259 e. The molecule has 0 aromatic heterocycles. The van der Waals surface area contributed by atoms with E-state index in [2.05, 4.69) is 47.1 Å². The van der Waals surface area contributed by atoms with Crippen molar-refractivity contribution >= 4 is 0 Å². The number of rotatable bonds is 5. The van der Waals surface area contributed by atoms with Crippen molar-refractivity contribution < 1.29 is 0 Å². The van der Waals surface area contributed by atoms with Gasteiger partial charge >= 0.3 is 0 Å². The molecule has 0 amide bonds. The van der Waals surface area contributed by atoms with Crippen molar-refractivity contribution in [3.8, 4) is 0 Å². The van der Waals surface area contributed by atoms with Gasteiger partial charge in [0.1, 0.15) is 0 Å². The van der Waals surface area contributed by atoms with Gasteiger partial charge in [0.2, 0.25) is 0 Å². The minimum atomic E-state index is 0.492. The molecular formula is C15H25N3. The molecule has 0 aliphatic carbocycles.